The van der Waals surface area contributed by atoms with Crippen LogP contribution in [0.4, 0.5) is 5.82 Å². The molecule has 3 rings (SSSR count). The van der Waals surface area contributed by atoms with Crippen molar-refractivity contribution in [2.45, 2.75) is 12.3 Å². The van der Waals surface area contributed by atoms with Crippen molar-refractivity contribution < 1.29 is 9.90 Å². The molecule has 1 N–H and O–H groups in total. The highest BCUT2D eigenvalue weighted by atomic mass is 16.4. The third-order valence-corrected chi connectivity index (χ3v) is 3.57. The number of aryl methyl sites for hydroxylation is 1. The van der Waals surface area contributed by atoms with Crippen LogP contribution < -0.4 is 4.90 Å². The van der Waals surface area contributed by atoms with Crippen LogP contribution in [0.3, 0.4) is 0 Å². The van der Waals surface area contributed by atoms with Gasteiger partial charge in [-0.1, -0.05) is 0 Å². The minimum atomic E-state index is -1.06. The number of carboxylic acids is 1. The Labute approximate surface area is 115 Å². The second kappa shape index (κ2) is 4.92. The van der Waals surface area contributed by atoms with Gasteiger partial charge in [0.25, 0.3) is 0 Å². The maximum Gasteiger partial charge on any atom is 0.356 e. The van der Waals surface area contributed by atoms with Crippen LogP contribution in [0.2, 0.25) is 0 Å². The molecular formula is C13H15N5O2. The fraction of sp³-hybridized carbons (Fsp3) is 0.385. The first-order valence-electron chi connectivity index (χ1n) is 6.42. The lowest BCUT2D eigenvalue weighted by atomic mass is 10.0. The summed E-state index contributed by atoms with van der Waals surface area (Å²) in [6.45, 7) is 1.74. The molecule has 7 heteroatoms. The maximum absolute atomic E-state index is 10.7. The van der Waals surface area contributed by atoms with Gasteiger partial charge >= 0.3 is 5.97 Å². The van der Waals surface area contributed by atoms with Gasteiger partial charge in [-0.05, 0) is 12.0 Å². The fourth-order valence-corrected chi connectivity index (χ4v) is 2.49. The van der Waals surface area contributed by atoms with E-state index in [0.29, 0.717) is 5.92 Å². The number of aromatic carboxylic acids is 1. The molecule has 1 unspecified atom stereocenters. The molecular weight excluding hydrogens is 258 g/mol. The summed E-state index contributed by atoms with van der Waals surface area (Å²) in [4.78, 5) is 21.0. The van der Waals surface area contributed by atoms with E-state index < -0.39 is 5.97 Å². The minimum Gasteiger partial charge on any atom is -0.476 e. The number of rotatable bonds is 3. The Morgan fingerprint density at radius 1 is 1.35 bits per heavy atom. The van der Waals surface area contributed by atoms with Gasteiger partial charge in [-0.15, -0.1) is 0 Å². The molecule has 0 radical (unpaired) electrons. The van der Waals surface area contributed by atoms with Gasteiger partial charge in [-0.2, -0.15) is 5.10 Å². The highest BCUT2D eigenvalue weighted by Crippen LogP contribution is 2.29. The van der Waals surface area contributed by atoms with Gasteiger partial charge in [0.15, 0.2) is 5.69 Å². The van der Waals surface area contributed by atoms with Crippen LogP contribution in [0.1, 0.15) is 28.4 Å². The first kappa shape index (κ1) is 12.6. The van der Waals surface area contributed by atoms with Gasteiger partial charge in [0, 0.05) is 32.3 Å². The second-order valence-electron chi connectivity index (χ2n) is 4.94. The van der Waals surface area contributed by atoms with Crippen molar-refractivity contribution in [3.8, 4) is 0 Å². The van der Waals surface area contributed by atoms with Crippen LogP contribution in [0.5, 0.6) is 0 Å². The first-order valence-corrected chi connectivity index (χ1v) is 6.42. The van der Waals surface area contributed by atoms with Crippen molar-refractivity contribution in [1.82, 2.24) is 19.7 Å². The zero-order chi connectivity index (χ0) is 14.1. The molecule has 1 aliphatic rings. The van der Waals surface area contributed by atoms with Crippen molar-refractivity contribution in [3.05, 3.63) is 36.0 Å². The van der Waals surface area contributed by atoms with Gasteiger partial charge < -0.3 is 10.0 Å². The summed E-state index contributed by atoms with van der Waals surface area (Å²) in [5.74, 6) is 0.102. The largest absolute Gasteiger partial charge is 0.476 e. The van der Waals surface area contributed by atoms with E-state index in [1.165, 1.54) is 18.0 Å². The van der Waals surface area contributed by atoms with E-state index in [-0.39, 0.29) is 5.69 Å². The quantitative estimate of drug-likeness (QED) is 0.894. The Bertz CT molecular complexity index is 622. The standard InChI is InChI=1S/C13H15N5O2/c1-17-7-10(4-16-17)9-2-3-18(8-9)12-6-14-11(5-15-12)13(19)20/h4-7,9H,2-3,8H2,1H3,(H,19,20). The molecule has 7 nitrogen and oxygen atoms in total. The highest BCUT2D eigenvalue weighted by Gasteiger charge is 2.26. The molecule has 1 fully saturated rings. The number of aromatic nitrogens is 4. The Kier molecular flexibility index (Phi) is 3.09. The smallest absolute Gasteiger partial charge is 0.356 e. The SMILES string of the molecule is Cn1cc(C2CCN(c3cnc(C(=O)O)cn3)C2)cn1. The first-order chi connectivity index (χ1) is 9.63. The predicted octanol–water partition coefficient (Wildman–Crippen LogP) is 0.902. The van der Waals surface area contributed by atoms with Crippen molar-refractivity contribution in [3.63, 3.8) is 0 Å². The summed E-state index contributed by atoms with van der Waals surface area (Å²) in [5.41, 5.74) is 1.20. The molecule has 104 valence electrons. The molecule has 0 aliphatic carbocycles. The summed E-state index contributed by atoms with van der Waals surface area (Å²) in [6.07, 6.45) is 7.79. The lowest BCUT2D eigenvalue weighted by molar-refractivity contribution is 0.0690. The molecule has 2 aromatic heterocycles. The summed E-state index contributed by atoms with van der Waals surface area (Å²) in [5, 5.41) is 13.0. The third-order valence-electron chi connectivity index (χ3n) is 3.57. The van der Waals surface area contributed by atoms with E-state index in [4.69, 9.17) is 5.11 Å². The number of carboxylic acid groups (broad SMARTS) is 1. The Hall–Kier alpha value is -2.44. The van der Waals surface area contributed by atoms with Gasteiger partial charge in [0.2, 0.25) is 0 Å². The molecule has 1 atom stereocenters. The van der Waals surface area contributed by atoms with Crippen LogP contribution >= 0.6 is 0 Å². The molecule has 0 amide bonds. The zero-order valence-electron chi connectivity index (χ0n) is 11.1. The van der Waals surface area contributed by atoms with Crippen molar-refractivity contribution in [1.29, 1.82) is 0 Å². The Morgan fingerprint density at radius 2 is 2.20 bits per heavy atom. The molecule has 0 spiro atoms. The van der Waals surface area contributed by atoms with Gasteiger partial charge in [-0.25, -0.2) is 14.8 Å². The maximum atomic E-state index is 10.7. The summed E-state index contributed by atoms with van der Waals surface area (Å²) >= 11 is 0. The molecule has 0 aromatic carbocycles. The van der Waals surface area contributed by atoms with Gasteiger partial charge in [0.05, 0.1) is 18.6 Å². The number of anilines is 1. The molecule has 2 aromatic rings. The molecule has 0 bridgehead atoms. The van der Waals surface area contributed by atoms with Gasteiger partial charge in [0.1, 0.15) is 5.82 Å². The van der Waals surface area contributed by atoms with Crippen LogP contribution in [-0.4, -0.2) is 43.9 Å². The lowest BCUT2D eigenvalue weighted by Gasteiger charge is -2.16. The van der Waals surface area contributed by atoms with Crippen LogP contribution in [0.15, 0.2) is 24.8 Å². The summed E-state index contributed by atoms with van der Waals surface area (Å²) in [7, 11) is 1.91. The third kappa shape index (κ3) is 2.34. The highest BCUT2D eigenvalue weighted by molar-refractivity contribution is 5.84. The Balaban J connectivity index is 1.72. The van der Waals surface area contributed by atoms with Crippen molar-refractivity contribution in [2.24, 2.45) is 7.05 Å². The topological polar surface area (TPSA) is 84.1 Å². The average Bonchev–Trinajstić information content (AvgIpc) is 3.07. The lowest BCUT2D eigenvalue weighted by Crippen LogP contribution is -2.21. The van der Waals surface area contributed by atoms with Crippen LogP contribution in [-0.2, 0) is 7.05 Å². The van der Waals surface area contributed by atoms with E-state index in [2.05, 4.69) is 20.0 Å². The van der Waals surface area contributed by atoms with E-state index in [0.717, 1.165) is 25.3 Å². The van der Waals surface area contributed by atoms with E-state index in [1.807, 2.05) is 19.4 Å². The number of carbonyl (C=O) groups is 1. The van der Waals surface area contributed by atoms with E-state index >= 15 is 0 Å². The normalized spacial score (nSPS) is 18.4. The molecule has 1 aliphatic heterocycles. The molecule has 0 saturated carbocycles. The predicted molar refractivity (Wildman–Crippen MR) is 71.8 cm³/mol. The monoisotopic (exact) mass is 273 g/mol. The molecule has 1 saturated heterocycles. The summed E-state index contributed by atoms with van der Waals surface area (Å²) < 4.78 is 1.81. The average molecular weight is 273 g/mol. The van der Waals surface area contributed by atoms with Gasteiger partial charge in [-0.3, -0.25) is 4.68 Å². The number of hydrogen-bond donors (Lipinski definition) is 1. The molecule has 3 heterocycles. The minimum absolute atomic E-state index is 0.0308. The second-order valence-corrected chi connectivity index (χ2v) is 4.94. The van der Waals surface area contributed by atoms with Crippen LogP contribution in [0.25, 0.3) is 0 Å². The zero-order valence-corrected chi connectivity index (χ0v) is 11.1. The van der Waals surface area contributed by atoms with Crippen LogP contribution in [0, 0.1) is 0 Å². The van der Waals surface area contributed by atoms with Crippen molar-refractivity contribution >= 4 is 11.8 Å². The van der Waals surface area contributed by atoms with E-state index in [1.54, 1.807) is 4.68 Å². The fourth-order valence-electron chi connectivity index (χ4n) is 2.49. The Morgan fingerprint density at radius 3 is 2.80 bits per heavy atom. The van der Waals surface area contributed by atoms with E-state index in [9.17, 15) is 4.79 Å². The number of hydrogen-bond acceptors (Lipinski definition) is 5. The number of nitrogens with zero attached hydrogens (tertiary/aromatic N) is 5. The van der Waals surface area contributed by atoms with Crippen molar-refractivity contribution in [2.75, 3.05) is 18.0 Å². The molecule has 20 heavy (non-hydrogen) atoms. The summed E-state index contributed by atoms with van der Waals surface area (Å²) in [6, 6.07) is 0.